The fourth-order valence-corrected chi connectivity index (χ4v) is 0.469. The number of nitrogens with two attached hydrogens (primary N) is 3. The molecule has 10 N–H and O–H groups in total. The second-order valence-corrected chi connectivity index (χ2v) is 2.66. The first kappa shape index (κ1) is 22.2. The summed E-state index contributed by atoms with van der Waals surface area (Å²) in [5.74, 6) is 6.79. The molecule has 0 bridgehead atoms. The molecule has 20 heavy (non-hydrogen) atoms. The summed E-state index contributed by atoms with van der Waals surface area (Å²) in [6, 6.07) is -1.06. The van der Waals surface area contributed by atoms with Crippen molar-refractivity contribution in [1.82, 2.24) is 0 Å². The summed E-state index contributed by atoms with van der Waals surface area (Å²) in [4.78, 5) is 19.9. The minimum atomic E-state index is -1.17. The number of carboxylic acid groups (broad SMARTS) is 2. The van der Waals surface area contributed by atoms with Gasteiger partial charge in [-0.3, -0.25) is 9.59 Å². The van der Waals surface area contributed by atoms with Crippen molar-refractivity contribution in [2.45, 2.75) is 18.9 Å². The number of nitrogens with zero attached hydrogens (tertiary/aromatic N) is 4. The van der Waals surface area contributed by atoms with Crippen molar-refractivity contribution < 1.29 is 19.8 Å². The molecule has 0 fully saturated rings. The Kier molecular flexibility index (Phi) is 20.5. The largest absolute Gasteiger partial charge is 0.481 e. The van der Waals surface area contributed by atoms with Crippen LogP contribution in [0.25, 0.3) is 0 Å². The van der Waals surface area contributed by atoms with E-state index in [1.165, 1.54) is 0 Å². The van der Waals surface area contributed by atoms with Gasteiger partial charge >= 0.3 is 11.9 Å². The number of hydrazone groups is 2. The fourth-order valence-electron chi connectivity index (χ4n) is 0.469. The average molecular weight is 291 g/mol. The molecule has 0 saturated carbocycles. The third kappa shape index (κ3) is 29.4. The molecule has 0 aromatic carbocycles. The van der Waals surface area contributed by atoms with E-state index in [0.717, 1.165) is 12.7 Å². The van der Waals surface area contributed by atoms with Crippen molar-refractivity contribution in [3.05, 3.63) is 0 Å². The third-order valence-corrected chi connectivity index (χ3v) is 1.24. The maximum atomic E-state index is 9.99. The van der Waals surface area contributed by atoms with E-state index in [9.17, 15) is 9.59 Å². The van der Waals surface area contributed by atoms with Gasteiger partial charge in [0.1, 0.15) is 6.04 Å². The van der Waals surface area contributed by atoms with Crippen molar-refractivity contribution in [2.75, 3.05) is 0 Å². The highest BCUT2D eigenvalue weighted by Crippen LogP contribution is 1.93. The minimum absolute atomic E-state index is 0.0231. The van der Waals surface area contributed by atoms with Crippen LogP contribution in [0.1, 0.15) is 12.8 Å². The van der Waals surface area contributed by atoms with E-state index < -0.39 is 18.0 Å². The summed E-state index contributed by atoms with van der Waals surface area (Å²) >= 11 is 0. The Morgan fingerprint density at radius 3 is 1.65 bits per heavy atom. The Bertz CT molecular complexity index is 327. The monoisotopic (exact) mass is 291 g/mol. The van der Waals surface area contributed by atoms with E-state index in [0.29, 0.717) is 0 Å². The number of carboxylic acids is 2. The molecule has 0 heterocycles. The van der Waals surface area contributed by atoms with Crippen LogP contribution >= 0.6 is 0 Å². The number of nitrogens with one attached hydrogen (secondary N) is 2. The Morgan fingerprint density at radius 2 is 1.50 bits per heavy atom. The minimum Gasteiger partial charge on any atom is -0.481 e. The second kappa shape index (κ2) is 18.4. The van der Waals surface area contributed by atoms with E-state index in [4.69, 9.17) is 27.0 Å². The molecular weight excluding hydrogens is 274 g/mol. The van der Waals surface area contributed by atoms with Crippen molar-refractivity contribution in [2.24, 2.45) is 37.9 Å². The second-order valence-electron chi connectivity index (χ2n) is 2.66. The fraction of sp³-hybridized carbons (Fsp3) is 0.429. The molecule has 0 aliphatic rings. The topological polar surface area (TPSA) is 250 Å². The SMILES string of the molecule is N=NC=NN.N=NC=NN.N[C@@H](CCC(=O)O)C(=O)O. The lowest BCUT2D eigenvalue weighted by molar-refractivity contribution is -0.139. The van der Waals surface area contributed by atoms with Crippen LogP contribution < -0.4 is 17.4 Å². The molecule has 0 radical (unpaired) electrons. The zero-order valence-electron chi connectivity index (χ0n) is 10.4. The normalized spacial score (nSPS) is 10.7. The lowest BCUT2D eigenvalue weighted by Crippen LogP contribution is -2.30. The highest BCUT2D eigenvalue weighted by molar-refractivity contribution is 5.74. The first-order valence-electron chi connectivity index (χ1n) is 4.74. The van der Waals surface area contributed by atoms with Crippen LogP contribution in [0.5, 0.6) is 0 Å². The quantitative estimate of drug-likeness (QED) is 0.106. The maximum Gasteiger partial charge on any atom is 0.320 e. The first-order valence-corrected chi connectivity index (χ1v) is 4.74. The zero-order valence-corrected chi connectivity index (χ0v) is 10.4. The molecule has 0 spiro atoms. The van der Waals surface area contributed by atoms with Gasteiger partial charge in [-0.15, -0.1) is 10.2 Å². The van der Waals surface area contributed by atoms with Crippen molar-refractivity contribution in [3.8, 4) is 0 Å². The van der Waals surface area contributed by atoms with Gasteiger partial charge in [-0.1, -0.05) is 0 Å². The van der Waals surface area contributed by atoms with Crippen molar-refractivity contribution in [1.29, 1.82) is 11.1 Å². The molecule has 0 aliphatic carbocycles. The highest BCUT2D eigenvalue weighted by atomic mass is 16.4. The number of carbonyl (C=O) groups is 2. The molecule has 13 heteroatoms. The van der Waals surface area contributed by atoms with Crippen LogP contribution in [0.4, 0.5) is 0 Å². The molecule has 1 atom stereocenters. The number of hydrogen-bond donors (Lipinski definition) is 7. The van der Waals surface area contributed by atoms with Gasteiger partial charge in [-0.05, 0) is 6.42 Å². The summed E-state index contributed by atoms with van der Waals surface area (Å²) in [7, 11) is 0. The molecule has 0 aromatic rings. The standard InChI is InChI=1S/C5H9NO4.2CH4N4/c6-3(5(9)10)1-2-4(7)8;2*2-4-1-5-3/h3H,1-2,6H2,(H,7,8)(H,9,10);2*1-2H,3H2/t3-;;/m0../s1. The van der Waals surface area contributed by atoms with Crippen LogP contribution in [0.15, 0.2) is 20.4 Å². The molecule has 0 aliphatic heterocycles. The third-order valence-electron chi connectivity index (χ3n) is 1.24. The molecule has 0 rings (SSSR count). The number of hydrogen-bond acceptors (Lipinski definition) is 9. The zero-order chi connectivity index (χ0) is 16.4. The van der Waals surface area contributed by atoms with E-state index >= 15 is 0 Å². The predicted octanol–water partition coefficient (Wildman–Crippen LogP) is -0.898. The average Bonchev–Trinajstić information content (AvgIpc) is 2.39. The van der Waals surface area contributed by atoms with Gasteiger partial charge in [-0.2, -0.15) is 10.2 Å². The van der Waals surface area contributed by atoms with Gasteiger partial charge in [-0.25, -0.2) is 11.1 Å². The number of rotatable bonds is 6. The maximum absolute atomic E-state index is 9.99. The molecule has 0 aromatic heterocycles. The number of aliphatic carboxylic acids is 2. The Morgan fingerprint density at radius 1 is 1.10 bits per heavy atom. The highest BCUT2D eigenvalue weighted by Gasteiger charge is 2.12. The van der Waals surface area contributed by atoms with E-state index in [1.54, 1.807) is 0 Å². The van der Waals surface area contributed by atoms with Crippen LogP contribution in [0, 0.1) is 11.1 Å². The Hall–Kier alpha value is -2.96. The van der Waals surface area contributed by atoms with Gasteiger partial charge in [0.2, 0.25) is 0 Å². The summed E-state index contributed by atoms with van der Waals surface area (Å²) in [6.45, 7) is 0. The van der Waals surface area contributed by atoms with Gasteiger partial charge < -0.3 is 27.6 Å². The van der Waals surface area contributed by atoms with Crippen molar-refractivity contribution >= 4 is 24.6 Å². The molecule has 13 nitrogen and oxygen atoms in total. The van der Waals surface area contributed by atoms with Gasteiger partial charge in [0.15, 0.2) is 12.7 Å². The smallest absolute Gasteiger partial charge is 0.320 e. The molecular formula is C7H17N9O4. The van der Waals surface area contributed by atoms with Crippen LogP contribution in [-0.2, 0) is 9.59 Å². The summed E-state index contributed by atoms with van der Waals surface area (Å²) < 4.78 is 0. The Balaban J connectivity index is -0.000000244. The lowest BCUT2D eigenvalue weighted by atomic mass is 10.2. The lowest BCUT2D eigenvalue weighted by Gasteiger charge is -2.01. The van der Waals surface area contributed by atoms with Gasteiger partial charge in [0.05, 0.1) is 0 Å². The van der Waals surface area contributed by atoms with E-state index in [-0.39, 0.29) is 12.8 Å². The molecule has 0 saturated heterocycles. The van der Waals surface area contributed by atoms with Crippen LogP contribution in [0.3, 0.4) is 0 Å². The van der Waals surface area contributed by atoms with Gasteiger partial charge in [0.25, 0.3) is 0 Å². The predicted molar refractivity (Wildman–Crippen MR) is 68.1 cm³/mol. The van der Waals surface area contributed by atoms with Crippen molar-refractivity contribution in [3.63, 3.8) is 0 Å². The molecule has 0 amide bonds. The van der Waals surface area contributed by atoms with E-state index in [1.807, 2.05) is 0 Å². The van der Waals surface area contributed by atoms with Crippen LogP contribution in [0.2, 0.25) is 0 Å². The summed E-state index contributed by atoms with van der Waals surface area (Å²) in [5, 5.41) is 27.4. The Labute approximate surface area is 113 Å². The summed E-state index contributed by atoms with van der Waals surface area (Å²) in [6.07, 6.45) is 1.66. The summed E-state index contributed by atoms with van der Waals surface area (Å²) in [5.41, 5.74) is 17.0. The molecule has 114 valence electrons. The van der Waals surface area contributed by atoms with E-state index in [2.05, 4.69) is 32.1 Å². The van der Waals surface area contributed by atoms with Crippen LogP contribution in [-0.4, -0.2) is 40.9 Å². The first-order chi connectivity index (χ1) is 9.37. The molecule has 0 unspecified atom stereocenters. The van der Waals surface area contributed by atoms with Gasteiger partial charge in [0, 0.05) is 6.42 Å².